The average molecular weight is 333 g/mol. The van der Waals surface area contributed by atoms with Crippen LogP contribution in [0, 0.1) is 0 Å². The van der Waals surface area contributed by atoms with E-state index in [2.05, 4.69) is 10.1 Å². The number of esters is 1. The zero-order valence-corrected chi connectivity index (χ0v) is 13.0. The molecule has 0 bridgehead atoms. The predicted molar refractivity (Wildman–Crippen MR) is 80.3 cm³/mol. The minimum absolute atomic E-state index is 0.0118. The van der Waals surface area contributed by atoms with Crippen LogP contribution >= 0.6 is 11.8 Å². The number of nitrogens with one attached hydrogen (secondary N) is 1. The summed E-state index contributed by atoms with van der Waals surface area (Å²) in [6.45, 7) is 0.778. The van der Waals surface area contributed by atoms with E-state index in [-0.39, 0.29) is 23.4 Å². The molecule has 0 spiro atoms. The Morgan fingerprint density at radius 1 is 1.27 bits per heavy atom. The lowest BCUT2D eigenvalue weighted by Crippen LogP contribution is -2.24. The van der Waals surface area contributed by atoms with Crippen LogP contribution in [-0.2, 0) is 14.3 Å². The molecule has 122 valence electrons. The molecule has 0 aromatic heterocycles. The molecule has 1 unspecified atom stereocenters. The Kier molecular flexibility index (Phi) is 7.65. The minimum Gasteiger partial charge on any atom is -0.465 e. The van der Waals surface area contributed by atoms with Crippen molar-refractivity contribution in [2.75, 3.05) is 17.7 Å². The van der Waals surface area contributed by atoms with Crippen LogP contribution in [-0.4, -0.2) is 36.1 Å². The third kappa shape index (κ3) is 6.75. The number of hydrogen-bond donors (Lipinski definition) is 1. The van der Waals surface area contributed by atoms with E-state index in [1.165, 1.54) is 24.3 Å². The summed E-state index contributed by atoms with van der Waals surface area (Å²) in [4.78, 5) is 23.1. The first-order valence-electron chi connectivity index (χ1n) is 6.55. The van der Waals surface area contributed by atoms with Crippen molar-refractivity contribution < 1.29 is 27.8 Å². The lowest BCUT2D eigenvalue weighted by Gasteiger charge is -2.12. The van der Waals surface area contributed by atoms with Crippen molar-refractivity contribution in [1.29, 1.82) is 0 Å². The molecule has 1 amide bonds. The van der Waals surface area contributed by atoms with Crippen LogP contribution in [0.4, 0.5) is 14.5 Å². The van der Waals surface area contributed by atoms with Gasteiger partial charge in [0, 0.05) is 5.69 Å². The van der Waals surface area contributed by atoms with Gasteiger partial charge in [0.1, 0.15) is 5.75 Å². The number of amides is 1. The highest BCUT2D eigenvalue weighted by atomic mass is 32.2. The first kappa shape index (κ1) is 18.2. The van der Waals surface area contributed by atoms with Crippen molar-refractivity contribution in [3.8, 4) is 5.75 Å². The summed E-state index contributed by atoms with van der Waals surface area (Å²) in [5.41, 5.74) is 0.454. The molecule has 0 heterocycles. The van der Waals surface area contributed by atoms with Crippen molar-refractivity contribution >= 4 is 29.3 Å². The van der Waals surface area contributed by atoms with Gasteiger partial charge in [-0.25, -0.2) is 0 Å². The standard InChI is InChI=1S/C14H17F2NO4S/c1-3-20-12(18)8-22-9(2)13(19)17-10-4-6-11(7-5-10)21-14(15)16/h4-7,9,14H,3,8H2,1-2H3,(H,17,19). The van der Waals surface area contributed by atoms with E-state index in [9.17, 15) is 18.4 Å². The monoisotopic (exact) mass is 333 g/mol. The number of halogens is 2. The van der Waals surface area contributed by atoms with Gasteiger partial charge in [0.05, 0.1) is 17.6 Å². The quantitative estimate of drug-likeness (QED) is 0.741. The largest absolute Gasteiger partial charge is 0.465 e. The second kappa shape index (κ2) is 9.24. The van der Waals surface area contributed by atoms with Crippen LogP contribution in [0.5, 0.6) is 5.75 Å². The second-order valence-electron chi connectivity index (χ2n) is 4.15. The van der Waals surface area contributed by atoms with Crippen LogP contribution < -0.4 is 10.1 Å². The van der Waals surface area contributed by atoms with E-state index in [0.717, 1.165) is 11.8 Å². The van der Waals surface area contributed by atoms with Gasteiger partial charge in [0.2, 0.25) is 5.91 Å². The Labute approximate surface area is 131 Å². The molecule has 1 aromatic carbocycles. The Balaban J connectivity index is 2.44. The number of rotatable bonds is 8. The lowest BCUT2D eigenvalue weighted by atomic mass is 10.3. The molecule has 1 aromatic rings. The highest BCUT2D eigenvalue weighted by Crippen LogP contribution is 2.19. The number of hydrogen-bond acceptors (Lipinski definition) is 5. The topological polar surface area (TPSA) is 64.6 Å². The van der Waals surface area contributed by atoms with E-state index >= 15 is 0 Å². The predicted octanol–water partition coefficient (Wildman–Crippen LogP) is 2.91. The molecule has 0 aliphatic carbocycles. The van der Waals surface area contributed by atoms with Gasteiger partial charge in [0.25, 0.3) is 0 Å². The van der Waals surface area contributed by atoms with Crippen LogP contribution in [0.2, 0.25) is 0 Å². The molecule has 1 N–H and O–H groups in total. The fraction of sp³-hybridized carbons (Fsp3) is 0.429. The van der Waals surface area contributed by atoms with E-state index in [1.54, 1.807) is 13.8 Å². The first-order valence-corrected chi connectivity index (χ1v) is 7.60. The van der Waals surface area contributed by atoms with Gasteiger partial charge < -0.3 is 14.8 Å². The Morgan fingerprint density at radius 2 is 1.91 bits per heavy atom. The zero-order valence-electron chi connectivity index (χ0n) is 12.2. The fourth-order valence-electron chi connectivity index (χ4n) is 1.43. The SMILES string of the molecule is CCOC(=O)CSC(C)C(=O)Nc1ccc(OC(F)F)cc1. The number of benzene rings is 1. The fourth-order valence-corrected chi connectivity index (χ4v) is 2.11. The third-order valence-corrected chi connectivity index (χ3v) is 3.59. The molecule has 1 rings (SSSR count). The van der Waals surface area contributed by atoms with Gasteiger partial charge in [-0.15, -0.1) is 11.8 Å². The number of carbonyl (C=O) groups is 2. The van der Waals surface area contributed by atoms with E-state index < -0.39 is 11.9 Å². The molecular weight excluding hydrogens is 316 g/mol. The molecule has 0 fully saturated rings. The van der Waals surface area contributed by atoms with Crippen molar-refractivity contribution in [1.82, 2.24) is 0 Å². The summed E-state index contributed by atoms with van der Waals surface area (Å²) in [7, 11) is 0. The average Bonchev–Trinajstić information content (AvgIpc) is 2.46. The van der Waals surface area contributed by atoms with Gasteiger partial charge in [-0.05, 0) is 38.1 Å². The summed E-state index contributed by atoms with van der Waals surface area (Å²) in [5.74, 6) is -0.570. The molecule has 0 radical (unpaired) electrons. The van der Waals surface area contributed by atoms with E-state index in [4.69, 9.17) is 4.74 Å². The van der Waals surface area contributed by atoms with E-state index in [1.807, 2.05) is 0 Å². The molecule has 5 nitrogen and oxygen atoms in total. The Hall–Kier alpha value is -1.83. The summed E-state index contributed by atoms with van der Waals surface area (Å²) >= 11 is 1.15. The summed E-state index contributed by atoms with van der Waals surface area (Å²) < 4.78 is 33.0. The van der Waals surface area contributed by atoms with Crippen molar-refractivity contribution in [2.45, 2.75) is 25.7 Å². The number of thioether (sulfide) groups is 1. The lowest BCUT2D eigenvalue weighted by molar-refractivity contribution is -0.139. The number of alkyl halides is 2. The van der Waals surface area contributed by atoms with Gasteiger partial charge >= 0.3 is 12.6 Å². The molecule has 0 saturated carbocycles. The molecule has 0 aliphatic rings. The summed E-state index contributed by atoms with van der Waals surface area (Å²) in [6.07, 6.45) is 0. The first-order chi connectivity index (χ1) is 10.4. The molecular formula is C14H17F2NO4S. The highest BCUT2D eigenvalue weighted by Gasteiger charge is 2.16. The van der Waals surface area contributed by atoms with Crippen LogP contribution in [0.25, 0.3) is 0 Å². The Morgan fingerprint density at radius 3 is 2.45 bits per heavy atom. The molecule has 22 heavy (non-hydrogen) atoms. The maximum absolute atomic E-state index is 12.0. The maximum Gasteiger partial charge on any atom is 0.387 e. The molecule has 0 aliphatic heterocycles. The minimum atomic E-state index is -2.89. The number of ether oxygens (including phenoxy) is 2. The van der Waals surface area contributed by atoms with Gasteiger partial charge in [0.15, 0.2) is 0 Å². The van der Waals surface area contributed by atoms with Crippen molar-refractivity contribution in [3.05, 3.63) is 24.3 Å². The van der Waals surface area contributed by atoms with Crippen molar-refractivity contribution in [2.24, 2.45) is 0 Å². The van der Waals surface area contributed by atoms with Crippen LogP contribution in [0.1, 0.15) is 13.8 Å². The van der Waals surface area contributed by atoms with Gasteiger partial charge in [-0.1, -0.05) is 0 Å². The second-order valence-corrected chi connectivity index (χ2v) is 5.48. The molecule has 1 atom stereocenters. The van der Waals surface area contributed by atoms with Crippen LogP contribution in [0.3, 0.4) is 0 Å². The third-order valence-electron chi connectivity index (χ3n) is 2.47. The summed E-state index contributed by atoms with van der Waals surface area (Å²) in [5, 5.41) is 2.17. The summed E-state index contributed by atoms with van der Waals surface area (Å²) in [6, 6.07) is 5.58. The number of anilines is 1. The highest BCUT2D eigenvalue weighted by molar-refractivity contribution is 8.01. The Bertz CT molecular complexity index is 496. The number of carbonyl (C=O) groups excluding carboxylic acids is 2. The van der Waals surface area contributed by atoms with Gasteiger partial charge in [-0.2, -0.15) is 8.78 Å². The van der Waals surface area contributed by atoms with Crippen molar-refractivity contribution in [3.63, 3.8) is 0 Å². The zero-order chi connectivity index (χ0) is 16.5. The smallest absolute Gasteiger partial charge is 0.387 e. The molecule has 8 heteroatoms. The van der Waals surface area contributed by atoms with Gasteiger partial charge in [-0.3, -0.25) is 9.59 Å². The maximum atomic E-state index is 12.0. The van der Waals surface area contributed by atoms with Crippen LogP contribution in [0.15, 0.2) is 24.3 Å². The van der Waals surface area contributed by atoms with E-state index in [0.29, 0.717) is 12.3 Å². The molecule has 0 saturated heterocycles. The normalized spacial score (nSPS) is 11.9.